The normalized spacial score (nSPS) is 11.5. The van der Waals surface area contributed by atoms with Crippen LogP contribution in [0.4, 0.5) is 0 Å². The summed E-state index contributed by atoms with van der Waals surface area (Å²) in [6, 6.07) is 7.74. The van der Waals surface area contributed by atoms with E-state index < -0.39 is 0 Å². The second-order valence-electron chi connectivity index (χ2n) is 4.82. The number of ether oxygens (including phenoxy) is 1. The molecule has 1 aromatic carbocycles. The van der Waals surface area contributed by atoms with E-state index in [9.17, 15) is 4.79 Å². The molecule has 0 heterocycles. The van der Waals surface area contributed by atoms with E-state index in [0.29, 0.717) is 13.2 Å². The van der Waals surface area contributed by atoms with Crippen molar-refractivity contribution in [2.24, 2.45) is 0 Å². The monoisotopic (exact) mass is 235 g/mol. The van der Waals surface area contributed by atoms with Gasteiger partial charge < -0.3 is 10.1 Å². The van der Waals surface area contributed by atoms with Crippen LogP contribution in [0.5, 0.6) is 0 Å². The van der Waals surface area contributed by atoms with Crippen molar-refractivity contribution in [1.29, 1.82) is 0 Å². The van der Waals surface area contributed by atoms with E-state index in [1.807, 2.05) is 24.3 Å². The van der Waals surface area contributed by atoms with Crippen LogP contribution in [0, 0.1) is 0 Å². The molecule has 0 unspecified atom stereocenters. The lowest BCUT2D eigenvalue weighted by Gasteiger charge is -2.26. The van der Waals surface area contributed by atoms with Crippen LogP contribution < -0.4 is 5.32 Å². The molecule has 0 spiro atoms. The Balaban J connectivity index is 3.11. The van der Waals surface area contributed by atoms with Gasteiger partial charge in [0.05, 0.1) is 13.2 Å². The molecular weight excluding hydrogens is 214 g/mol. The van der Waals surface area contributed by atoms with E-state index in [-0.39, 0.29) is 11.2 Å². The third-order valence-electron chi connectivity index (χ3n) is 2.80. The Kier molecular flexibility index (Phi) is 4.85. The molecule has 0 fully saturated rings. The van der Waals surface area contributed by atoms with Gasteiger partial charge in [0.2, 0.25) is 0 Å². The van der Waals surface area contributed by atoms with Gasteiger partial charge in [0.15, 0.2) is 5.78 Å². The average Bonchev–Trinajstić information content (AvgIpc) is 2.29. The lowest BCUT2D eigenvalue weighted by atomic mass is 9.81. The number of hydrogen-bond donors (Lipinski definition) is 1. The number of benzene rings is 1. The minimum absolute atomic E-state index is 0.118. The van der Waals surface area contributed by atoms with Gasteiger partial charge in [-0.15, -0.1) is 0 Å². The topological polar surface area (TPSA) is 38.3 Å². The largest absolute Gasteiger partial charge is 0.384 e. The van der Waals surface area contributed by atoms with Gasteiger partial charge in [-0.05, 0) is 12.6 Å². The van der Waals surface area contributed by atoms with Crippen molar-refractivity contribution in [2.75, 3.05) is 27.3 Å². The Bertz CT molecular complexity index is 386. The smallest absolute Gasteiger partial charge is 0.176 e. The van der Waals surface area contributed by atoms with Crippen LogP contribution in [-0.4, -0.2) is 33.1 Å². The van der Waals surface area contributed by atoms with Gasteiger partial charge >= 0.3 is 0 Å². The van der Waals surface area contributed by atoms with Gasteiger partial charge in [-0.1, -0.05) is 38.1 Å². The maximum absolute atomic E-state index is 12.0. The fourth-order valence-electron chi connectivity index (χ4n) is 2.01. The van der Waals surface area contributed by atoms with E-state index in [1.165, 1.54) is 0 Å². The molecule has 0 atom stereocenters. The summed E-state index contributed by atoms with van der Waals surface area (Å²) in [6.45, 7) is 5.13. The molecule has 0 aliphatic heterocycles. The molecule has 1 N–H and O–H groups in total. The Labute approximate surface area is 103 Å². The Morgan fingerprint density at radius 1 is 1.35 bits per heavy atom. The standard InChI is InChI=1S/C14H21NO2/c1-14(2,10-17-4)12-8-6-5-7-11(12)13(16)9-15-3/h5-8,15H,9-10H2,1-4H3. The molecule has 0 saturated heterocycles. The second kappa shape index (κ2) is 5.94. The fraction of sp³-hybridized carbons (Fsp3) is 0.500. The first kappa shape index (κ1) is 13.9. The van der Waals surface area contributed by atoms with Crippen LogP contribution in [0.3, 0.4) is 0 Å². The first-order valence-corrected chi connectivity index (χ1v) is 5.79. The molecule has 0 radical (unpaired) electrons. The van der Waals surface area contributed by atoms with Gasteiger partial charge in [-0.3, -0.25) is 4.79 Å². The molecule has 0 saturated carbocycles. The van der Waals surface area contributed by atoms with Crippen molar-refractivity contribution >= 4 is 5.78 Å². The average molecular weight is 235 g/mol. The number of nitrogens with one attached hydrogen (secondary N) is 1. The molecule has 3 heteroatoms. The van der Waals surface area contributed by atoms with Crippen LogP contribution in [0.1, 0.15) is 29.8 Å². The van der Waals surface area contributed by atoms with Crippen molar-refractivity contribution < 1.29 is 9.53 Å². The minimum Gasteiger partial charge on any atom is -0.384 e. The predicted octanol–water partition coefficient (Wildman–Crippen LogP) is 2.01. The first-order valence-electron chi connectivity index (χ1n) is 5.79. The summed E-state index contributed by atoms with van der Waals surface area (Å²) < 4.78 is 5.23. The van der Waals surface area contributed by atoms with Gasteiger partial charge in [0, 0.05) is 18.1 Å². The lowest BCUT2D eigenvalue weighted by Crippen LogP contribution is -2.28. The number of Topliss-reactive ketones (excluding diaryl/α,β-unsaturated/α-hetero) is 1. The highest BCUT2D eigenvalue weighted by Crippen LogP contribution is 2.27. The van der Waals surface area contributed by atoms with Crippen LogP contribution in [0.2, 0.25) is 0 Å². The van der Waals surface area contributed by atoms with E-state index in [0.717, 1.165) is 11.1 Å². The molecule has 94 valence electrons. The summed E-state index contributed by atoms with van der Waals surface area (Å²) in [4.78, 5) is 12.0. The van der Waals surface area contributed by atoms with Crippen molar-refractivity contribution in [3.63, 3.8) is 0 Å². The minimum atomic E-state index is -0.158. The van der Waals surface area contributed by atoms with E-state index >= 15 is 0 Å². The summed E-state index contributed by atoms with van der Waals surface area (Å²) in [5, 5.41) is 2.90. The third-order valence-corrected chi connectivity index (χ3v) is 2.80. The van der Waals surface area contributed by atoms with Crippen LogP contribution in [0.15, 0.2) is 24.3 Å². The molecule has 0 aromatic heterocycles. The molecule has 1 aromatic rings. The van der Waals surface area contributed by atoms with Crippen molar-refractivity contribution in [1.82, 2.24) is 5.32 Å². The molecule has 0 bridgehead atoms. The number of hydrogen-bond acceptors (Lipinski definition) is 3. The second-order valence-corrected chi connectivity index (χ2v) is 4.82. The maximum Gasteiger partial charge on any atom is 0.176 e. The quantitative estimate of drug-likeness (QED) is 0.767. The maximum atomic E-state index is 12.0. The molecular formula is C14H21NO2. The molecule has 0 aliphatic rings. The summed E-state index contributed by atoms with van der Waals surface area (Å²) in [6.07, 6.45) is 0. The molecule has 17 heavy (non-hydrogen) atoms. The Morgan fingerprint density at radius 2 is 2.00 bits per heavy atom. The Hall–Kier alpha value is -1.19. The first-order chi connectivity index (χ1) is 8.03. The SMILES string of the molecule is CNCC(=O)c1ccccc1C(C)(C)COC. The summed E-state index contributed by atoms with van der Waals surface area (Å²) >= 11 is 0. The third kappa shape index (κ3) is 3.38. The van der Waals surface area contributed by atoms with E-state index in [4.69, 9.17) is 4.74 Å². The molecule has 0 aliphatic carbocycles. The number of ketones is 1. The predicted molar refractivity (Wildman–Crippen MR) is 69.6 cm³/mol. The number of carbonyl (C=O) groups is 1. The molecule has 3 nitrogen and oxygen atoms in total. The fourth-order valence-corrected chi connectivity index (χ4v) is 2.01. The molecule has 0 amide bonds. The van der Waals surface area contributed by atoms with Crippen molar-refractivity contribution in [3.8, 4) is 0 Å². The zero-order valence-corrected chi connectivity index (χ0v) is 11.0. The summed E-state index contributed by atoms with van der Waals surface area (Å²) in [5.74, 6) is 0.118. The highest BCUT2D eigenvalue weighted by atomic mass is 16.5. The van der Waals surface area contributed by atoms with Gasteiger partial charge in [-0.2, -0.15) is 0 Å². The number of carbonyl (C=O) groups excluding carboxylic acids is 1. The zero-order valence-electron chi connectivity index (χ0n) is 11.0. The molecule has 1 rings (SSSR count). The summed E-state index contributed by atoms with van der Waals surface area (Å²) in [7, 11) is 3.46. The van der Waals surface area contributed by atoms with Crippen LogP contribution in [0.25, 0.3) is 0 Å². The van der Waals surface area contributed by atoms with Crippen molar-refractivity contribution in [3.05, 3.63) is 35.4 Å². The Morgan fingerprint density at radius 3 is 2.59 bits per heavy atom. The van der Waals surface area contributed by atoms with Crippen molar-refractivity contribution in [2.45, 2.75) is 19.3 Å². The van der Waals surface area contributed by atoms with Crippen LogP contribution in [-0.2, 0) is 10.2 Å². The lowest BCUT2D eigenvalue weighted by molar-refractivity contribution is 0.0987. The number of rotatable bonds is 6. The van der Waals surface area contributed by atoms with E-state index in [1.54, 1.807) is 14.2 Å². The number of methoxy groups -OCH3 is 1. The van der Waals surface area contributed by atoms with Gasteiger partial charge in [0.25, 0.3) is 0 Å². The highest BCUT2D eigenvalue weighted by Gasteiger charge is 2.25. The van der Waals surface area contributed by atoms with Crippen LogP contribution >= 0.6 is 0 Å². The van der Waals surface area contributed by atoms with Gasteiger partial charge in [-0.25, -0.2) is 0 Å². The summed E-state index contributed by atoms with van der Waals surface area (Å²) in [5.41, 5.74) is 1.67. The number of likely N-dealkylation sites (N-methyl/N-ethyl adjacent to an activating group) is 1. The van der Waals surface area contributed by atoms with E-state index in [2.05, 4.69) is 19.2 Å². The van der Waals surface area contributed by atoms with Gasteiger partial charge in [0.1, 0.15) is 0 Å². The zero-order chi connectivity index (χ0) is 12.9. The highest BCUT2D eigenvalue weighted by molar-refractivity contribution is 5.99.